The molecule has 3 nitrogen and oxygen atoms in total. The number of rotatable bonds is 2. The van der Waals surface area contributed by atoms with Gasteiger partial charge in [0.2, 0.25) is 0 Å². The van der Waals surface area contributed by atoms with Crippen LogP contribution in [-0.4, -0.2) is 25.0 Å². The molecule has 5 heteroatoms. The molecule has 2 aliphatic rings. The number of fused-ring (bicyclic) bond motifs is 3. The minimum absolute atomic E-state index is 0.141. The molecule has 1 heterocycles. The highest BCUT2D eigenvalue weighted by molar-refractivity contribution is 7.52. The number of hydrogen-bond acceptors (Lipinski definition) is 3. The van der Waals surface area contributed by atoms with Gasteiger partial charge in [-0.1, -0.05) is 44.2 Å². The van der Waals surface area contributed by atoms with Gasteiger partial charge in [-0.05, 0) is 68.1 Å². The average Bonchev–Trinajstić information content (AvgIpc) is 2.94. The number of hydrogen-bond donors (Lipinski definition) is 0. The maximum atomic E-state index is 12.0. The quantitative estimate of drug-likeness (QED) is 0.580. The van der Waals surface area contributed by atoms with Crippen molar-refractivity contribution in [3.8, 4) is 11.1 Å². The Morgan fingerprint density at radius 3 is 1.89 bits per heavy atom. The summed E-state index contributed by atoms with van der Waals surface area (Å²) in [6, 6.07) is 12.8. The van der Waals surface area contributed by atoms with Gasteiger partial charge in [0.25, 0.3) is 0 Å². The summed E-state index contributed by atoms with van der Waals surface area (Å²) in [5.74, 6) is 0. The SMILES string of the molecule is C[PH](=O)c1ccc2c(c1)C(C)(C)c1cc(B3OC(C)(C)C(C)(C)O3)ccc1-2. The van der Waals surface area contributed by atoms with Gasteiger partial charge in [0.15, 0.2) is 0 Å². The van der Waals surface area contributed by atoms with Crippen LogP contribution in [0.15, 0.2) is 36.4 Å². The van der Waals surface area contributed by atoms with Gasteiger partial charge in [0.05, 0.1) is 11.2 Å². The Hall–Kier alpha value is -1.35. The van der Waals surface area contributed by atoms with Crippen molar-refractivity contribution in [1.29, 1.82) is 0 Å². The molecule has 0 amide bonds. The van der Waals surface area contributed by atoms with Gasteiger partial charge in [-0.25, -0.2) is 0 Å². The van der Waals surface area contributed by atoms with Crippen molar-refractivity contribution >= 4 is 25.7 Å². The fourth-order valence-corrected chi connectivity index (χ4v) is 4.77. The van der Waals surface area contributed by atoms with Crippen molar-refractivity contribution in [3.05, 3.63) is 47.5 Å². The van der Waals surface area contributed by atoms with Crippen molar-refractivity contribution in [2.24, 2.45) is 0 Å². The van der Waals surface area contributed by atoms with E-state index < -0.39 is 7.80 Å². The van der Waals surface area contributed by atoms with Gasteiger partial charge in [-0.3, -0.25) is 0 Å². The predicted octanol–water partition coefficient (Wildman–Crippen LogP) is 4.11. The number of benzene rings is 2. The standard InChI is InChI=1S/C22H28BO3P/c1-20(2)18-12-14(23-25-21(3,4)22(5,6)26-23)8-10-16(18)17-11-9-15(27(7)24)13-19(17)20/h8-13,27H,1-7H3. The van der Waals surface area contributed by atoms with Crippen LogP contribution in [0.2, 0.25) is 0 Å². The molecule has 0 N–H and O–H groups in total. The highest BCUT2D eigenvalue weighted by Gasteiger charge is 2.52. The molecule has 2 aromatic rings. The molecule has 1 atom stereocenters. The van der Waals surface area contributed by atoms with E-state index in [1.807, 2.05) is 6.07 Å². The summed E-state index contributed by atoms with van der Waals surface area (Å²) in [6.07, 6.45) is 0. The van der Waals surface area contributed by atoms with E-state index in [2.05, 4.69) is 71.9 Å². The third-order valence-electron chi connectivity index (χ3n) is 6.63. The van der Waals surface area contributed by atoms with Crippen LogP contribution in [0, 0.1) is 0 Å². The van der Waals surface area contributed by atoms with Gasteiger partial charge in [-0.15, -0.1) is 0 Å². The molecule has 1 aliphatic carbocycles. The zero-order chi connectivity index (χ0) is 19.8. The van der Waals surface area contributed by atoms with Gasteiger partial charge in [-0.2, -0.15) is 0 Å². The van der Waals surface area contributed by atoms with Gasteiger partial charge in [0, 0.05) is 10.7 Å². The molecular formula is C22H28BO3P. The summed E-state index contributed by atoms with van der Waals surface area (Å²) >= 11 is 0. The molecule has 0 bridgehead atoms. The second-order valence-corrected chi connectivity index (χ2v) is 11.0. The van der Waals surface area contributed by atoms with E-state index in [1.54, 1.807) is 6.66 Å². The zero-order valence-electron chi connectivity index (χ0n) is 17.3. The van der Waals surface area contributed by atoms with E-state index in [-0.39, 0.29) is 23.7 Å². The topological polar surface area (TPSA) is 35.5 Å². The normalized spacial score (nSPS) is 22.4. The maximum absolute atomic E-state index is 12.0. The first kappa shape index (κ1) is 19.0. The fourth-order valence-electron chi connectivity index (χ4n) is 4.10. The highest BCUT2D eigenvalue weighted by Crippen LogP contribution is 2.48. The van der Waals surface area contributed by atoms with Gasteiger partial charge in [0.1, 0.15) is 7.80 Å². The van der Waals surface area contributed by atoms with E-state index >= 15 is 0 Å². The molecule has 27 heavy (non-hydrogen) atoms. The van der Waals surface area contributed by atoms with Crippen LogP contribution in [0.5, 0.6) is 0 Å². The summed E-state index contributed by atoms with van der Waals surface area (Å²) in [6.45, 7) is 14.6. The zero-order valence-corrected chi connectivity index (χ0v) is 18.3. The monoisotopic (exact) mass is 382 g/mol. The minimum atomic E-state index is -1.71. The van der Waals surface area contributed by atoms with Crippen LogP contribution < -0.4 is 10.8 Å². The molecule has 1 aliphatic heterocycles. The van der Waals surface area contributed by atoms with Crippen molar-refractivity contribution in [1.82, 2.24) is 0 Å². The second-order valence-electron chi connectivity index (χ2n) is 9.33. The Morgan fingerprint density at radius 1 is 0.815 bits per heavy atom. The molecule has 1 saturated heterocycles. The minimum Gasteiger partial charge on any atom is -0.399 e. The lowest BCUT2D eigenvalue weighted by Gasteiger charge is -2.32. The summed E-state index contributed by atoms with van der Waals surface area (Å²) < 4.78 is 24.5. The first-order valence-corrected chi connectivity index (χ1v) is 11.5. The highest BCUT2D eigenvalue weighted by atomic mass is 31.1. The van der Waals surface area contributed by atoms with E-state index in [1.165, 1.54) is 22.3 Å². The van der Waals surface area contributed by atoms with Crippen LogP contribution in [0.3, 0.4) is 0 Å². The van der Waals surface area contributed by atoms with Crippen LogP contribution in [0.25, 0.3) is 11.1 Å². The molecule has 1 fully saturated rings. The lowest BCUT2D eigenvalue weighted by atomic mass is 9.74. The van der Waals surface area contributed by atoms with E-state index in [9.17, 15) is 4.57 Å². The largest absolute Gasteiger partial charge is 0.494 e. The lowest BCUT2D eigenvalue weighted by Crippen LogP contribution is -2.41. The van der Waals surface area contributed by atoms with E-state index in [4.69, 9.17) is 9.31 Å². The van der Waals surface area contributed by atoms with Crippen LogP contribution >= 0.6 is 7.80 Å². The Labute approximate surface area is 163 Å². The lowest BCUT2D eigenvalue weighted by molar-refractivity contribution is 0.00578. The van der Waals surface area contributed by atoms with E-state index in [0.29, 0.717) is 0 Å². The van der Waals surface area contributed by atoms with Crippen molar-refractivity contribution in [2.45, 2.75) is 58.2 Å². The third-order valence-corrected chi connectivity index (χ3v) is 7.76. The molecule has 142 valence electrons. The van der Waals surface area contributed by atoms with E-state index in [0.717, 1.165) is 10.8 Å². The fraction of sp³-hybridized carbons (Fsp3) is 0.455. The van der Waals surface area contributed by atoms with Crippen LogP contribution in [-0.2, 0) is 19.3 Å². The molecule has 0 saturated carbocycles. The van der Waals surface area contributed by atoms with Gasteiger partial charge < -0.3 is 13.9 Å². The molecule has 0 spiro atoms. The molecule has 4 rings (SSSR count). The Bertz CT molecular complexity index is 946. The Morgan fingerprint density at radius 2 is 1.33 bits per heavy atom. The van der Waals surface area contributed by atoms with Crippen molar-refractivity contribution < 1.29 is 13.9 Å². The predicted molar refractivity (Wildman–Crippen MR) is 114 cm³/mol. The average molecular weight is 382 g/mol. The third kappa shape index (κ3) is 2.76. The summed E-state index contributed by atoms with van der Waals surface area (Å²) in [4.78, 5) is 0. The first-order chi connectivity index (χ1) is 12.4. The molecule has 0 aromatic heterocycles. The molecular weight excluding hydrogens is 354 g/mol. The van der Waals surface area contributed by atoms with Crippen LogP contribution in [0.1, 0.15) is 52.7 Å². The molecule has 0 radical (unpaired) electrons. The summed E-state index contributed by atoms with van der Waals surface area (Å²) in [5.41, 5.74) is 5.23. The smallest absolute Gasteiger partial charge is 0.399 e. The molecule has 1 unspecified atom stereocenters. The van der Waals surface area contributed by atoms with Crippen molar-refractivity contribution in [2.75, 3.05) is 6.66 Å². The Balaban J connectivity index is 1.78. The maximum Gasteiger partial charge on any atom is 0.494 e. The first-order valence-electron chi connectivity index (χ1n) is 9.60. The summed E-state index contributed by atoms with van der Waals surface area (Å²) in [7, 11) is -2.06. The van der Waals surface area contributed by atoms with Crippen molar-refractivity contribution in [3.63, 3.8) is 0 Å². The Kier molecular flexibility index (Phi) is 4.10. The van der Waals surface area contributed by atoms with Crippen LogP contribution in [0.4, 0.5) is 0 Å². The molecule has 2 aromatic carbocycles. The summed E-state index contributed by atoms with van der Waals surface area (Å²) in [5, 5.41) is 0.950. The van der Waals surface area contributed by atoms with Gasteiger partial charge >= 0.3 is 7.12 Å². The second kappa shape index (κ2) is 5.83.